The number of ketones is 1. The Morgan fingerprint density at radius 2 is 1.83 bits per heavy atom. The molecule has 0 bridgehead atoms. The van der Waals surface area contributed by atoms with Crippen molar-refractivity contribution >= 4 is 27.2 Å². The zero-order chi connectivity index (χ0) is 25.9. The number of benzene rings is 3. The topological polar surface area (TPSA) is 84.5 Å². The Bertz CT molecular complexity index is 1350. The number of hydrogen-bond acceptors (Lipinski definition) is 5. The highest BCUT2D eigenvalue weighted by Gasteiger charge is 2.30. The molecule has 0 radical (unpaired) electrons. The smallest absolute Gasteiger partial charge is 0.261 e. The van der Waals surface area contributed by atoms with E-state index in [4.69, 9.17) is 4.74 Å². The summed E-state index contributed by atoms with van der Waals surface area (Å²) in [5.74, 6) is 0.0381. The lowest BCUT2D eigenvalue weighted by Crippen LogP contribution is -2.24. The van der Waals surface area contributed by atoms with Gasteiger partial charge >= 0.3 is 0 Å². The van der Waals surface area contributed by atoms with Gasteiger partial charge in [0, 0.05) is 41.4 Å². The number of fused-ring (bicyclic) bond motifs is 1. The maximum Gasteiger partial charge on any atom is 0.261 e. The Morgan fingerprint density at radius 3 is 2.56 bits per heavy atom. The summed E-state index contributed by atoms with van der Waals surface area (Å²) in [5, 5.41) is 3.53. The Kier molecular flexibility index (Phi) is 7.81. The SMILES string of the molecule is CCO[C@H]1CC(c2cccc(C(=O)C(C)C)c2)Nc2ccc(S(=O)(=O)Nc3cccc(CC)c3)cc21. The van der Waals surface area contributed by atoms with Gasteiger partial charge in [0.1, 0.15) is 0 Å². The quantitative estimate of drug-likeness (QED) is 0.323. The third-order valence-corrected chi connectivity index (χ3v) is 7.89. The first-order chi connectivity index (χ1) is 17.2. The highest BCUT2D eigenvalue weighted by Crippen LogP contribution is 2.42. The minimum atomic E-state index is -3.77. The van der Waals surface area contributed by atoms with E-state index in [0.717, 1.165) is 28.8 Å². The molecule has 0 spiro atoms. The molecule has 0 aromatic heterocycles. The maximum atomic E-state index is 13.2. The highest BCUT2D eigenvalue weighted by molar-refractivity contribution is 7.92. The van der Waals surface area contributed by atoms with Gasteiger partial charge in [-0.05, 0) is 60.9 Å². The largest absolute Gasteiger partial charge is 0.378 e. The van der Waals surface area contributed by atoms with Gasteiger partial charge in [-0.25, -0.2) is 8.42 Å². The van der Waals surface area contributed by atoms with E-state index in [1.807, 2.05) is 70.2 Å². The molecular weight excluding hydrogens is 472 g/mol. The molecule has 3 aromatic rings. The fraction of sp³-hybridized carbons (Fsp3) is 0.345. The van der Waals surface area contributed by atoms with Crippen LogP contribution in [0.3, 0.4) is 0 Å². The molecule has 3 aromatic carbocycles. The van der Waals surface area contributed by atoms with Crippen LogP contribution in [-0.4, -0.2) is 20.8 Å². The van der Waals surface area contributed by atoms with E-state index in [0.29, 0.717) is 24.3 Å². The van der Waals surface area contributed by atoms with E-state index in [2.05, 4.69) is 10.0 Å². The zero-order valence-electron chi connectivity index (χ0n) is 21.2. The van der Waals surface area contributed by atoms with Crippen molar-refractivity contribution in [2.45, 2.75) is 57.6 Å². The molecule has 0 amide bonds. The maximum absolute atomic E-state index is 13.2. The zero-order valence-corrected chi connectivity index (χ0v) is 22.1. The van der Waals surface area contributed by atoms with E-state index in [-0.39, 0.29) is 28.7 Å². The van der Waals surface area contributed by atoms with Crippen LogP contribution in [0.5, 0.6) is 0 Å². The van der Waals surface area contributed by atoms with Crippen molar-refractivity contribution in [1.82, 2.24) is 0 Å². The normalized spacial score (nSPS) is 17.4. The fourth-order valence-corrected chi connectivity index (χ4v) is 5.67. The van der Waals surface area contributed by atoms with Gasteiger partial charge in [-0.1, -0.05) is 51.1 Å². The first-order valence-electron chi connectivity index (χ1n) is 12.5. The second-order valence-electron chi connectivity index (χ2n) is 9.43. The Morgan fingerprint density at radius 1 is 1.06 bits per heavy atom. The number of hydrogen-bond donors (Lipinski definition) is 2. The molecule has 0 fully saturated rings. The van der Waals surface area contributed by atoms with Crippen LogP contribution in [0.15, 0.2) is 71.6 Å². The second-order valence-corrected chi connectivity index (χ2v) is 11.1. The minimum absolute atomic E-state index is 0.0636. The van der Waals surface area contributed by atoms with Gasteiger partial charge in [0.25, 0.3) is 10.0 Å². The molecule has 1 aliphatic heterocycles. The van der Waals surface area contributed by atoms with Crippen molar-refractivity contribution in [2.75, 3.05) is 16.6 Å². The molecule has 1 unspecified atom stereocenters. The van der Waals surface area contributed by atoms with Crippen molar-refractivity contribution in [1.29, 1.82) is 0 Å². The third kappa shape index (κ3) is 5.63. The number of carbonyl (C=O) groups is 1. The van der Waals surface area contributed by atoms with Crippen molar-refractivity contribution in [3.63, 3.8) is 0 Å². The number of sulfonamides is 1. The lowest BCUT2D eigenvalue weighted by Gasteiger charge is -2.34. The van der Waals surface area contributed by atoms with Crippen molar-refractivity contribution in [2.24, 2.45) is 5.92 Å². The van der Waals surface area contributed by atoms with Crippen LogP contribution >= 0.6 is 0 Å². The number of carbonyl (C=O) groups excluding carboxylic acids is 1. The molecule has 2 N–H and O–H groups in total. The summed E-state index contributed by atoms with van der Waals surface area (Å²) in [6.07, 6.45) is 1.17. The van der Waals surface area contributed by atoms with E-state index in [1.165, 1.54) is 0 Å². The van der Waals surface area contributed by atoms with Crippen LogP contribution in [0, 0.1) is 5.92 Å². The molecule has 0 saturated heterocycles. The number of Topliss-reactive ketones (excluding diaryl/α,β-unsaturated/α-hetero) is 1. The molecule has 4 rings (SSSR count). The van der Waals surface area contributed by atoms with Crippen LogP contribution in [0.1, 0.15) is 73.3 Å². The van der Waals surface area contributed by atoms with Crippen molar-refractivity contribution in [3.8, 4) is 0 Å². The fourth-order valence-electron chi connectivity index (χ4n) is 4.58. The molecule has 1 aliphatic rings. The average molecular weight is 507 g/mol. The molecule has 0 saturated carbocycles. The predicted molar refractivity (Wildman–Crippen MR) is 144 cm³/mol. The molecule has 1 heterocycles. The summed E-state index contributed by atoms with van der Waals surface area (Å²) in [6, 6.07) is 20.2. The lowest BCUT2D eigenvalue weighted by atomic mass is 9.89. The van der Waals surface area contributed by atoms with Gasteiger partial charge in [0.15, 0.2) is 5.78 Å². The van der Waals surface area contributed by atoms with E-state index in [1.54, 1.807) is 24.3 Å². The van der Waals surface area contributed by atoms with Gasteiger partial charge in [0.2, 0.25) is 0 Å². The van der Waals surface area contributed by atoms with Gasteiger partial charge < -0.3 is 10.1 Å². The van der Waals surface area contributed by atoms with E-state index < -0.39 is 10.0 Å². The predicted octanol–water partition coefficient (Wildman–Crippen LogP) is 6.52. The first-order valence-corrected chi connectivity index (χ1v) is 14.0. The van der Waals surface area contributed by atoms with Gasteiger partial charge in [0.05, 0.1) is 17.0 Å². The van der Waals surface area contributed by atoms with Crippen molar-refractivity contribution in [3.05, 3.63) is 89.0 Å². The number of ether oxygens (including phenoxy) is 1. The summed E-state index contributed by atoms with van der Waals surface area (Å²) in [5.41, 5.74) is 4.95. The molecule has 6 nitrogen and oxygen atoms in total. The number of rotatable bonds is 9. The molecule has 190 valence electrons. The van der Waals surface area contributed by atoms with Crippen LogP contribution in [0.25, 0.3) is 0 Å². The standard InChI is InChI=1S/C29H34N2O4S/c1-5-20-9-7-12-23(15-20)31-36(33,34)24-13-14-26-25(17-24)28(35-6-2)18-27(30-26)21-10-8-11-22(16-21)29(32)19(3)4/h7-17,19,27-28,30-31H,5-6,18H2,1-4H3/t27?,28-/m0/s1. The van der Waals surface area contributed by atoms with Crippen LogP contribution < -0.4 is 10.0 Å². The summed E-state index contributed by atoms with van der Waals surface area (Å²) in [6.45, 7) is 8.26. The Balaban J connectivity index is 1.63. The summed E-state index contributed by atoms with van der Waals surface area (Å²) < 4.78 is 35.2. The summed E-state index contributed by atoms with van der Waals surface area (Å²) in [4.78, 5) is 12.7. The summed E-state index contributed by atoms with van der Waals surface area (Å²) in [7, 11) is -3.77. The minimum Gasteiger partial charge on any atom is -0.378 e. The average Bonchev–Trinajstić information content (AvgIpc) is 2.88. The lowest BCUT2D eigenvalue weighted by molar-refractivity contribution is 0.0497. The van der Waals surface area contributed by atoms with Crippen molar-refractivity contribution < 1.29 is 17.9 Å². The van der Waals surface area contributed by atoms with Gasteiger partial charge in [-0.15, -0.1) is 0 Å². The van der Waals surface area contributed by atoms with Crippen LogP contribution in [0.2, 0.25) is 0 Å². The van der Waals surface area contributed by atoms with Crippen LogP contribution in [0.4, 0.5) is 11.4 Å². The Hall–Kier alpha value is -3.16. The molecule has 7 heteroatoms. The molecule has 36 heavy (non-hydrogen) atoms. The monoisotopic (exact) mass is 506 g/mol. The molecule has 2 atom stereocenters. The van der Waals surface area contributed by atoms with E-state index >= 15 is 0 Å². The third-order valence-electron chi connectivity index (χ3n) is 6.51. The highest BCUT2D eigenvalue weighted by atomic mass is 32.2. The second kappa shape index (κ2) is 10.8. The van der Waals surface area contributed by atoms with Gasteiger partial charge in [-0.2, -0.15) is 0 Å². The summed E-state index contributed by atoms with van der Waals surface area (Å²) >= 11 is 0. The molecule has 0 aliphatic carbocycles. The Labute approximate surface area is 214 Å². The number of nitrogens with one attached hydrogen (secondary N) is 2. The molecular formula is C29H34N2O4S. The van der Waals surface area contributed by atoms with Gasteiger partial charge in [-0.3, -0.25) is 9.52 Å². The van der Waals surface area contributed by atoms with Crippen LogP contribution in [-0.2, 0) is 21.2 Å². The number of anilines is 2. The first kappa shape index (κ1) is 25.9. The number of aryl methyl sites for hydroxylation is 1. The van der Waals surface area contributed by atoms with E-state index in [9.17, 15) is 13.2 Å².